The zero-order chi connectivity index (χ0) is 20.3. The van der Waals surface area contributed by atoms with Gasteiger partial charge in [0.05, 0.1) is 17.7 Å². The lowest BCUT2D eigenvalue weighted by atomic mass is 10.0. The molecule has 2 saturated heterocycles. The van der Waals surface area contributed by atoms with E-state index in [0.717, 1.165) is 49.1 Å². The Morgan fingerprint density at radius 3 is 3.07 bits per heavy atom. The number of nitrogens with one attached hydrogen (secondary N) is 2. The largest absolute Gasteiger partial charge is 0.472 e. The topological polar surface area (TPSA) is 103 Å². The Labute approximate surface area is 172 Å². The van der Waals surface area contributed by atoms with Crippen LogP contribution in [0.5, 0.6) is 5.88 Å². The van der Waals surface area contributed by atoms with E-state index in [0.29, 0.717) is 30.1 Å². The lowest BCUT2D eigenvalue weighted by Gasteiger charge is -2.26. The van der Waals surface area contributed by atoms with Gasteiger partial charge in [-0.1, -0.05) is 0 Å². The summed E-state index contributed by atoms with van der Waals surface area (Å²) in [6.45, 7) is 3.82. The first-order valence-corrected chi connectivity index (χ1v) is 10.4. The number of ether oxygens (including phenoxy) is 2. The number of carbonyl (C=O) groups is 1. The fourth-order valence-electron chi connectivity index (χ4n) is 4.34. The number of hydrogen-bond acceptors (Lipinski definition) is 7. The second kappa shape index (κ2) is 6.55. The van der Waals surface area contributed by atoms with Crippen molar-refractivity contribution in [1.82, 2.24) is 20.1 Å². The number of aryl methyl sites for hydroxylation is 1. The molecule has 2 N–H and O–H groups in total. The van der Waals surface area contributed by atoms with Crippen LogP contribution in [0.1, 0.15) is 25.0 Å². The number of morpholine rings is 1. The number of nitrogens with zero attached hydrogens (tertiary/aromatic N) is 3. The minimum atomic E-state index is -0.279. The summed E-state index contributed by atoms with van der Waals surface area (Å²) in [7, 11) is 0. The van der Waals surface area contributed by atoms with Gasteiger partial charge in [-0.15, -0.1) is 0 Å². The van der Waals surface area contributed by atoms with E-state index >= 15 is 0 Å². The van der Waals surface area contributed by atoms with E-state index < -0.39 is 0 Å². The molecule has 30 heavy (non-hydrogen) atoms. The van der Waals surface area contributed by atoms with Gasteiger partial charge >= 0.3 is 0 Å². The number of aromatic nitrogens is 3. The number of fused-ring (bicyclic) bond motifs is 3. The van der Waals surface area contributed by atoms with E-state index in [1.165, 1.54) is 0 Å². The van der Waals surface area contributed by atoms with Crippen LogP contribution in [0.4, 0.5) is 5.82 Å². The molecule has 9 heteroatoms. The summed E-state index contributed by atoms with van der Waals surface area (Å²) in [4.78, 5) is 12.0. The summed E-state index contributed by atoms with van der Waals surface area (Å²) in [5, 5.41) is 14.9. The van der Waals surface area contributed by atoms with E-state index in [9.17, 15) is 4.79 Å². The van der Waals surface area contributed by atoms with Gasteiger partial charge in [0.2, 0.25) is 5.91 Å². The maximum atomic E-state index is 12.0. The molecule has 1 saturated carbocycles. The highest BCUT2D eigenvalue weighted by atomic mass is 16.6. The van der Waals surface area contributed by atoms with Gasteiger partial charge in [0.15, 0.2) is 5.82 Å². The average Bonchev–Trinajstić information content (AvgIpc) is 3.07. The number of anilines is 1. The third kappa shape index (κ3) is 3.05. The van der Waals surface area contributed by atoms with Gasteiger partial charge in [-0.05, 0) is 49.0 Å². The predicted molar refractivity (Wildman–Crippen MR) is 107 cm³/mol. The molecule has 0 unspecified atom stereocenters. The van der Waals surface area contributed by atoms with Crippen molar-refractivity contribution in [2.45, 2.75) is 37.8 Å². The molecule has 156 valence electrons. The molecular weight excluding hydrogens is 386 g/mol. The summed E-state index contributed by atoms with van der Waals surface area (Å²) in [5.74, 6) is 1.89. The van der Waals surface area contributed by atoms with E-state index in [-0.39, 0.29) is 17.4 Å². The van der Waals surface area contributed by atoms with Crippen molar-refractivity contribution < 1.29 is 18.8 Å². The predicted octanol–water partition coefficient (Wildman–Crippen LogP) is 2.16. The standard InChI is InChI=1S/C21H23N5O4/c1-12-18(20(25-30-12)28-11-21-8-15(9-29-21)22-10-21)14-4-5-26-16(6-14)7-17(24-26)23-19(27)13-2-3-13/h4-7,13,15,22H,2-3,8-11H2,1H3,(H,23,24,27)/t15-,21-/m1/s1. The van der Waals surface area contributed by atoms with E-state index in [2.05, 4.69) is 20.9 Å². The molecule has 0 aromatic carbocycles. The second-order valence-electron chi connectivity index (χ2n) is 8.56. The number of hydrogen-bond donors (Lipinski definition) is 2. The number of amides is 1. The minimum absolute atomic E-state index is 0.0429. The molecule has 3 aliphatic rings. The van der Waals surface area contributed by atoms with Crippen LogP contribution in [-0.4, -0.2) is 52.1 Å². The van der Waals surface area contributed by atoms with Crippen LogP contribution >= 0.6 is 0 Å². The van der Waals surface area contributed by atoms with Gasteiger partial charge in [-0.25, -0.2) is 4.52 Å². The number of rotatable bonds is 6. The van der Waals surface area contributed by atoms with Crippen LogP contribution in [0.25, 0.3) is 16.6 Å². The number of pyridine rings is 1. The van der Waals surface area contributed by atoms with Crippen molar-refractivity contribution in [3.63, 3.8) is 0 Å². The first kappa shape index (κ1) is 17.9. The Bertz CT molecular complexity index is 1120. The number of carbonyl (C=O) groups excluding carboxylic acids is 1. The lowest BCUT2D eigenvalue weighted by molar-refractivity contribution is -0.117. The quantitative estimate of drug-likeness (QED) is 0.643. The van der Waals surface area contributed by atoms with Gasteiger partial charge in [0, 0.05) is 30.8 Å². The molecule has 3 aromatic heterocycles. The van der Waals surface area contributed by atoms with Crippen LogP contribution in [0.2, 0.25) is 0 Å². The first-order valence-electron chi connectivity index (χ1n) is 10.4. The summed E-state index contributed by atoms with van der Waals surface area (Å²) in [5.41, 5.74) is 2.33. The van der Waals surface area contributed by atoms with Gasteiger partial charge in [-0.3, -0.25) is 4.79 Å². The zero-order valence-electron chi connectivity index (χ0n) is 16.7. The van der Waals surface area contributed by atoms with Gasteiger partial charge in [0.25, 0.3) is 5.88 Å². The Kier molecular flexibility index (Phi) is 3.91. The van der Waals surface area contributed by atoms with Gasteiger partial charge in [-0.2, -0.15) is 5.10 Å². The molecular formula is C21H23N5O4. The highest BCUT2D eigenvalue weighted by Crippen LogP contribution is 2.36. The maximum Gasteiger partial charge on any atom is 0.262 e. The summed E-state index contributed by atoms with van der Waals surface area (Å²) < 4.78 is 19.2. The van der Waals surface area contributed by atoms with Crippen molar-refractivity contribution in [3.05, 3.63) is 30.2 Å². The highest BCUT2D eigenvalue weighted by Gasteiger charge is 2.47. The molecule has 5 heterocycles. The van der Waals surface area contributed by atoms with Crippen molar-refractivity contribution in [2.75, 3.05) is 25.1 Å². The molecule has 3 aromatic rings. The average molecular weight is 409 g/mol. The van der Waals surface area contributed by atoms with Crippen LogP contribution in [0.15, 0.2) is 28.9 Å². The maximum absolute atomic E-state index is 12.0. The molecule has 1 amide bonds. The fourth-order valence-corrected chi connectivity index (χ4v) is 4.34. The van der Waals surface area contributed by atoms with Gasteiger partial charge in [0.1, 0.15) is 18.0 Å². The Hall–Kier alpha value is -2.91. The third-order valence-corrected chi connectivity index (χ3v) is 6.18. The lowest BCUT2D eigenvalue weighted by Crippen LogP contribution is -2.43. The Morgan fingerprint density at radius 1 is 1.43 bits per heavy atom. The minimum Gasteiger partial charge on any atom is -0.472 e. The van der Waals surface area contributed by atoms with Crippen LogP contribution in [0.3, 0.4) is 0 Å². The van der Waals surface area contributed by atoms with Gasteiger partial charge < -0.3 is 24.6 Å². The smallest absolute Gasteiger partial charge is 0.262 e. The molecule has 0 spiro atoms. The summed E-state index contributed by atoms with van der Waals surface area (Å²) >= 11 is 0. The molecule has 6 rings (SSSR count). The third-order valence-electron chi connectivity index (χ3n) is 6.18. The molecule has 3 fully saturated rings. The van der Waals surface area contributed by atoms with Crippen molar-refractivity contribution in [2.24, 2.45) is 5.92 Å². The summed E-state index contributed by atoms with van der Waals surface area (Å²) in [6, 6.07) is 6.22. The SMILES string of the molecule is Cc1onc(OC[C@@]23CN[C@@H](CO2)C3)c1-c1ccn2nc(NC(=O)C3CC3)cc2c1. The molecule has 1 aliphatic carbocycles. The Balaban J connectivity index is 1.25. The molecule has 2 aliphatic heterocycles. The molecule has 9 nitrogen and oxygen atoms in total. The van der Waals surface area contributed by atoms with Crippen molar-refractivity contribution in [1.29, 1.82) is 0 Å². The van der Waals surface area contributed by atoms with E-state index in [4.69, 9.17) is 14.0 Å². The first-order chi connectivity index (χ1) is 14.6. The molecule has 0 radical (unpaired) electrons. The van der Waals surface area contributed by atoms with Crippen LogP contribution in [0, 0.1) is 12.8 Å². The van der Waals surface area contributed by atoms with Crippen LogP contribution in [-0.2, 0) is 9.53 Å². The van der Waals surface area contributed by atoms with Crippen molar-refractivity contribution >= 4 is 17.2 Å². The zero-order valence-corrected chi connectivity index (χ0v) is 16.7. The van der Waals surface area contributed by atoms with Crippen molar-refractivity contribution in [3.8, 4) is 17.0 Å². The van der Waals surface area contributed by atoms with E-state index in [1.807, 2.05) is 31.3 Å². The molecule has 2 bridgehead atoms. The fraction of sp³-hybridized carbons (Fsp3) is 0.476. The van der Waals surface area contributed by atoms with Crippen LogP contribution < -0.4 is 15.4 Å². The molecule has 2 atom stereocenters. The van der Waals surface area contributed by atoms with E-state index in [1.54, 1.807) is 4.52 Å². The monoisotopic (exact) mass is 409 g/mol. The normalized spacial score (nSPS) is 25.2. The second-order valence-corrected chi connectivity index (χ2v) is 8.56. The summed E-state index contributed by atoms with van der Waals surface area (Å²) in [6.07, 6.45) is 4.73. The Morgan fingerprint density at radius 2 is 2.33 bits per heavy atom. The highest BCUT2D eigenvalue weighted by molar-refractivity contribution is 5.93.